The molecule has 1 aromatic heterocycles. The van der Waals surface area contributed by atoms with Crippen LogP contribution in [0.4, 0.5) is 0 Å². The van der Waals surface area contributed by atoms with E-state index in [0.29, 0.717) is 18.1 Å². The van der Waals surface area contributed by atoms with Gasteiger partial charge in [0.15, 0.2) is 0 Å². The van der Waals surface area contributed by atoms with Crippen LogP contribution in [-0.2, 0) is 0 Å². The van der Waals surface area contributed by atoms with Crippen LogP contribution in [0.15, 0.2) is 11.6 Å². The van der Waals surface area contributed by atoms with E-state index in [9.17, 15) is 0 Å². The van der Waals surface area contributed by atoms with Crippen molar-refractivity contribution in [3.63, 3.8) is 0 Å². The fourth-order valence-corrected chi connectivity index (χ4v) is 2.86. The van der Waals surface area contributed by atoms with E-state index in [1.165, 1.54) is 19.3 Å². The predicted octanol–water partition coefficient (Wildman–Crippen LogP) is 2.06. The third-order valence-electron chi connectivity index (χ3n) is 3.11. The van der Waals surface area contributed by atoms with Gasteiger partial charge in [-0.3, -0.25) is 0 Å². The van der Waals surface area contributed by atoms with Crippen molar-refractivity contribution in [2.75, 3.05) is 0 Å². The molecule has 2 rings (SSSR count). The number of nitrogens with two attached hydrogens (primary N) is 1. The lowest BCUT2D eigenvalue weighted by Gasteiger charge is -2.31. The second-order valence-corrected chi connectivity index (χ2v) is 5.24. The number of rotatable bonds is 3. The molecular weight excluding hydrogens is 206 g/mol. The van der Waals surface area contributed by atoms with E-state index in [2.05, 4.69) is 17.2 Å². The van der Waals surface area contributed by atoms with Gasteiger partial charge in [-0.15, -0.1) is 11.3 Å². The van der Waals surface area contributed by atoms with E-state index in [-0.39, 0.29) is 0 Å². The molecule has 3 nitrogen and oxygen atoms in total. The highest BCUT2D eigenvalue weighted by Gasteiger charge is 2.23. The first-order valence-corrected chi connectivity index (χ1v) is 6.56. The average molecular weight is 225 g/mol. The summed E-state index contributed by atoms with van der Waals surface area (Å²) in [5.74, 6) is 0. The Labute approximate surface area is 95.1 Å². The maximum atomic E-state index is 6.10. The molecule has 0 aliphatic heterocycles. The van der Waals surface area contributed by atoms with Gasteiger partial charge in [-0.25, -0.2) is 4.98 Å². The number of thiazole rings is 1. The van der Waals surface area contributed by atoms with Gasteiger partial charge in [0, 0.05) is 23.7 Å². The van der Waals surface area contributed by atoms with Crippen molar-refractivity contribution in [2.45, 2.75) is 50.7 Å². The molecule has 3 atom stereocenters. The number of nitrogens with zero attached hydrogens (tertiary/aromatic N) is 1. The first-order chi connectivity index (χ1) is 7.27. The van der Waals surface area contributed by atoms with E-state index >= 15 is 0 Å². The summed E-state index contributed by atoms with van der Waals surface area (Å²) in [6.07, 6.45) is 6.80. The van der Waals surface area contributed by atoms with Gasteiger partial charge >= 0.3 is 0 Å². The lowest BCUT2D eigenvalue weighted by atomic mass is 9.90. The highest BCUT2D eigenvalue weighted by Crippen LogP contribution is 2.21. The third kappa shape index (κ3) is 2.77. The maximum absolute atomic E-state index is 6.10. The van der Waals surface area contributed by atoms with Crippen LogP contribution < -0.4 is 11.1 Å². The molecule has 1 fully saturated rings. The van der Waals surface area contributed by atoms with Crippen molar-refractivity contribution < 1.29 is 0 Å². The van der Waals surface area contributed by atoms with Crippen molar-refractivity contribution in [2.24, 2.45) is 5.73 Å². The summed E-state index contributed by atoms with van der Waals surface area (Å²) < 4.78 is 0. The van der Waals surface area contributed by atoms with Crippen LogP contribution in [0.3, 0.4) is 0 Å². The number of hydrogen-bond acceptors (Lipinski definition) is 4. The van der Waals surface area contributed by atoms with Crippen molar-refractivity contribution >= 4 is 11.3 Å². The smallest absolute Gasteiger partial charge is 0.109 e. The largest absolute Gasteiger partial charge is 0.326 e. The van der Waals surface area contributed by atoms with Crippen LogP contribution in [0.1, 0.15) is 43.7 Å². The first-order valence-electron chi connectivity index (χ1n) is 5.68. The molecule has 0 aromatic carbocycles. The Morgan fingerprint density at radius 1 is 1.53 bits per heavy atom. The van der Waals surface area contributed by atoms with Gasteiger partial charge in [0.1, 0.15) is 5.01 Å². The van der Waals surface area contributed by atoms with Gasteiger partial charge in [-0.1, -0.05) is 12.8 Å². The molecule has 3 N–H and O–H groups in total. The Kier molecular flexibility index (Phi) is 3.72. The molecule has 0 spiro atoms. The SMILES string of the molecule is C[C@H](N[C@@H]1CCCC[C@@H]1N)c1nccs1. The molecule has 1 aromatic rings. The number of aromatic nitrogens is 1. The highest BCUT2D eigenvalue weighted by molar-refractivity contribution is 7.09. The lowest BCUT2D eigenvalue weighted by molar-refractivity contribution is 0.306. The Morgan fingerprint density at radius 2 is 2.33 bits per heavy atom. The van der Waals surface area contributed by atoms with E-state index < -0.39 is 0 Å². The second kappa shape index (κ2) is 5.05. The Hall–Kier alpha value is -0.450. The first kappa shape index (κ1) is 11.0. The molecule has 4 heteroatoms. The summed E-state index contributed by atoms with van der Waals surface area (Å²) in [4.78, 5) is 4.32. The van der Waals surface area contributed by atoms with Crippen LogP contribution in [0, 0.1) is 0 Å². The number of nitrogens with one attached hydrogen (secondary N) is 1. The molecule has 0 amide bonds. The quantitative estimate of drug-likeness (QED) is 0.828. The van der Waals surface area contributed by atoms with Crippen molar-refractivity contribution in [1.29, 1.82) is 0 Å². The summed E-state index contributed by atoms with van der Waals surface area (Å²) in [7, 11) is 0. The fraction of sp³-hybridized carbons (Fsp3) is 0.727. The van der Waals surface area contributed by atoms with E-state index in [0.717, 1.165) is 11.4 Å². The van der Waals surface area contributed by atoms with Crippen molar-refractivity contribution in [3.05, 3.63) is 16.6 Å². The average Bonchev–Trinajstić information content (AvgIpc) is 2.74. The lowest BCUT2D eigenvalue weighted by Crippen LogP contribution is -2.47. The Bertz CT molecular complexity index is 286. The minimum atomic E-state index is 0.321. The molecule has 15 heavy (non-hydrogen) atoms. The fourth-order valence-electron chi connectivity index (χ4n) is 2.21. The molecule has 0 unspecified atom stereocenters. The highest BCUT2D eigenvalue weighted by atomic mass is 32.1. The van der Waals surface area contributed by atoms with Crippen molar-refractivity contribution in [1.82, 2.24) is 10.3 Å². The molecule has 0 saturated heterocycles. The van der Waals surface area contributed by atoms with Gasteiger partial charge < -0.3 is 11.1 Å². The van der Waals surface area contributed by atoms with E-state index in [4.69, 9.17) is 5.73 Å². The van der Waals surface area contributed by atoms with Crippen LogP contribution in [-0.4, -0.2) is 17.1 Å². The summed E-state index contributed by atoms with van der Waals surface area (Å²) in [5, 5.41) is 6.78. The second-order valence-electron chi connectivity index (χ2n) is 4.31. The molecule has 1 heterocycles. The molecule has 0 radical (unpaired) electrons. The molecule has 1 aliphatic rings. The molecule has 84 valence electrons. The zero-order valence-electron chi connectivity index (χ0n) is 9.15. The van der Waals surface area contributed by atoms with Gasteiger partial charge in [-0.2, -0.15) is 0 Å². The predicted molar refractivity (Wildman–Crippen MR) is 63.9 cm³/mol. The molecular formula is C11H19N3S. The minimum Gasteiger partial charge on any atom is -0.326 e. The summed E-state index contributed by atoms with van der Waals surface area (Å²) >= 11 is 1.71. The summed E-state index contributed by atoms with van der Waals surface area (Å²) in [6, 6.07) is 1.12. The molecule has 0 bridgehead atoms. The Balaban J connectivity index is 1.90. The minimum absolute atomic E-state index is 0.321. The van der Waals surface area contributed by atoms with Gasteiger partial charge in [0.2, 0.25) is 0 Å². The molecule has 1 aliphatic carbocycles. The van der Waals surface area contributed by atoms with Crippen LogP contribution in [0.5, 0.6) is 0 Å². The third-order valence-corrected chi connectivity index (χ3v) is 4.06. The zero-order valence-corrected chi connectivity index (χ0v) is 9.96. The van der Waals surface area contributed by atoms with Crippen LogP contribution >= 0.6 is 11.3 Å². The van der Waals surface area contributed by atoms with Gasteiger partial charge in [-0.05, 0) is 19.8 Å². The van der Waals surface area contributed by atoms with Crippen molar-refractivity contribution in [3.8, 4) is 0 Å². The van der Waals surface area contributed by atoms with E-state index in [1.807, 2.05) is 11.6 Å². The van der Waals surface area contributed by atoms with Gasteiger partial charge in [0.05, 0.1) is 6.04 Å². The summed E-state index contributed by atoms with van der Waals surface area (Å²) in [6.45, 7) is 2.17. The normalized spacial score (nSPS) is 28.9. The standard InChI is InChI=1S/C11H19N3S/c1-8(11-13-6-7-15-11)14-10-5-3-2-4-9(10)12/h6-10,14H,2-5,12H2,1H3/t8-,9-,10+/m0/s1. The Morgan fingerprint density at radius 3 is 3.00 bits per heavy atom. The summed E-state index contributed by atoms with van der Waals surface area (Å²) in [5.41, 5.74) is 6.10. The monoisotopic (exact) mass is 225 g/mol. The maximum Gasteiger partial charge on any atom is 0.109 e. The number of hydrogen-bond donors (Lipinski definition) is 2. The van der Waals surface area contributed by atoms with Crippen LogP contribution in [0.2, 0.25) is 0 Å². The van der Waals surface area contributed by atoms with E-state index in [1.54, 1.807) is 11.3 Å². The van der Waals surface area contributed by atoms with Gasteiger partial charge in [0.25, 0.3) is 0 Å². The molecule has 1 saturated carbocycles. The zero-order chi connectivity index (χ0) is 10.7. The van der Waals surface area contributed by atoms with Crippen LogP contribution in [0.25, 0.3) is 0 Å². The topological polar surface area (TPSA) is 50.9 Å².